The number of benzene rings is 1. The van der Waals surface area contributed by atoms with Crippen LogP contribution >= 0.6 is 11.6 Å². The van der Waals surface area contributed by atoms with E-state index in [4.69, 9.17) is 16.0 Å². The molecule has 1 aliphatic rings. The normalized spacial score (nSPS) is 15.6. The van der Waals surface area contributed by atoms with Crippen molar-refractivity contribution in [3.8, 4) is 11.5 Å². The first-order chi connectivity index (χ1) is 9.78. The molecule has 5 nitrogen and oxygen atoms in total. The third kappa shape index (κ3) is 2.70. The molecular weight excluding hydrogens is 276 g/mol. The van der Waals surface area contributed by atoms with Crippen LogP contribution in [0.2, 0.25) is 5.02 Å². The van der Waals surface area contributed by atoms with Gasteiger partial charge in [0.05, 0.1) is 17.1 Å². The summed E-state index contributed by atoms with van der Waals surface area (Å²) in [4.78, 5) is 2.33. The minimum absolute atomic E-state index is 0.480. The molecule has 1 aliphatic heterocycles. The Morgan fingerprint density at radius 2 is 2.15 bits per heavy atom. The number of nitrogens with one attached hydrogen (secondary N) is 1. The Labute approximate surface area is 122 Å². The second kappa shape index (κ2) is 5.91. The number of hydrogen-bond donors (Lipinski definition) is 1. The summed E-state index contributed by atoms with van der Waals surface area (Å²) in [5.41, 5.74) is 0.779. The van der Waals surface area contributed by atoms with Crippen molar-refractivity contribution in [1.82, 2.24) is 20.4 Å². The Morgan fingerprint density at radius 1 is 1.35 bits per heavy atom. The van der Waals surface area contributed by atoms with Gasteiger partial charge in [0.15, 0.2) is 0 Å². The van der Waals surface area contributed by atoms with Crippen LogP contribution in [0, 0.1) is 0 Å². The molecule has 1 aromatic heterocycles. The van der Waals surface area contributed by atoms with Crippen LogP contribution in [-0.2, 0) is 6.54 Å². The highest BCUT2D eigenvalue weighted by molar-refractivity contribution is 6.33. The molecule has 0 atom stereocenters. The molecule has 2 aromatic rings. The van der Waals surface area contributed by atoms with Crippen LogP contribution < -0.4 is 5.32 Å². The maximum Gasteiger partial charge on any atom is 0.249 e. The molecule has 3 rings (SSSR count). The van der Waals surface area contributed by atoms with Crippen LogP contribution in [0.25, 0.3) is 11.5 Å². The lowest BCUT2D eigenvalue weighted by Gasteiger charge is -2.36. The highest BCUT2D eigenvalue weighted by Gasteiger charge is 2.25. The maximum absolute atomic E-state index is 6.14. The molecule has 0 aliphatic carbocycles. The summed E-state index contributed by atoms with van der Waals surface area (Å²) in [6.45, 7) is 5.85. The Hall–Kier alpha value is -1.43. The standard InChI is InChI=1S/C14H17ClN4O/c1-2-19(10-7-16-8-10)9-13-17-18-14(20-13)11-5-3-4-6-12(11)15/h3-6,10,16H,2,7-9H2,1H3. The molecule has 0 radical (unpaired) electrons. The largest absolute Gasteiger partial charge is 0.419 e. The molecule has 1 saturated heterocycles. The van der Waals surface area contributed by atoms with Crippen LogP contribution in [0.15, 0.2) is 28.7 Å². The van der Waals surface area contributed by atoms with E-state index in [0.29, 0.717) is 29.4 Å². The number of rotatable bonds is 5. The van der Waals surface area contributed by atoms with Crippen molar-refractivity contribution in [2.75, 3.05) is 19.6 Å². The average Bonchev–Trinajstić information content (AvgIpc) is 2.85. The molecule has 6 heteroatoms. The second-order valence-corrected chi connectivity index (χ2v) is 5.26. The Balaban J connectivity index is 1.75. The Morgan fingerprint density at radius 3 is 2.80 bits per heavy atom. The van der Waals surface area contributed by atoms with Crippen LogP contribution in [0.1, 0.15) is 12.8 Å². The Bertz CT molecular complexity index is 582. The van der Waals surface area contributed by atoms with E-state index in [-0.39, 0.29) is 0 Å². The lowest BCUT2D eigenvalue weighted by atomic mass is 10.1. The molecule has 0 saturated carbocycles. The molecule has 0 unspecified atom stereocenters. The Kier molecular flexibility index (Phi) is 4.00. The zero-order valence-corrected chi connectivity index (χ0v) is 12.1. The van der Waals surface area contributed by atoms with Crippen molar-refractivity contribution in [3.63, 3.8) is 0 Å². The summed E-state index contributed by atoms with van der Waals surface area (Å²) in [7, 11) is 0. The summed E-state index contributed by atoms with van der Waals surface area (Å²) in [5, 5.41) is 12.1. The van der Waals surface area contributed by atoms with E-state index in [0.717, 1.165) is 25.2 Å². The van der Waals surface area contributed by atoms with Crippen LogP contribution in [0.4, 0.5) is 0 Å². The quantitative estimate of drug-likeness (QED) is 0.915. The predicted octanol–water partition coefficient (Wildman–Crippen LogP) is 2.18. The molecule has 1 fully saturated rings. The van der Waals surface area contributed by atoms with Gasteiger partial charge in [-0.3, -0.25) is 4.90 Å². The summed E-state index contributed by atoms with van der Waals surface area (Å²) >= 11 is 6.14. The van der Waals surface area contributed by atoms with E-state index >= 15 is 0 Å². The molecule has 1 N–H and O–H groups in total. The summed E-state index contributed by atoms with van der Waals surface area (Å²) in [5.74, 6) is 1.11. The zero-order valence-electron chi connectivity index (χ0n) is 11.3. The molecule has 0 amide bonds. The predicted molar refractivity (Wildman–Crippen MR) is 77.5 cm³/mol. The van der Waals surface area contributed by atoms with Gasteiger partial charge in [0.2, 0.25) is 11.8 Å². The second-order valence-electron chi connectivity index (χ2n) is 4.86. The number of hydrogen-bond acceptors (Lipinski definition) is 5. The number of likely N-dealkylation sites (N-methyl/N-ethyl adjacent to an activating group) is 1. The van der Waals surface area contributed by atoms with Gasteiger partial charge in [-0.25, -0.2) is 0 Å². The first-order valence-corrected chi connectivity index (χ1v) is 7.17. The third-order valence-corrected chi connectivity index (χ3v) is 3.92. The summed E-state index contributed by atoms with van der Waals surface area (Å²) < 4.78 is 5.73. The molecule has 1 aromatic carbocycles. The average molecular weight is 293 g/mol. The fourth-order valence-electron chi connectivity index (χ4n) is 2.27. The van der Waals surface area contributed by atoms with E-state index < -0.39 is 0 Å². The SMILES string of the molecule is CCN(Cc1nnc(-c2ccccc2Cl)o1)C1CNC1. The van der Waals surface area contributed by atoms with Crippen molar-refractivity contribution >= 4 is 11.6 Å². The maximum atomic E-state index is 6.14. The highest BCUT2D eigenvalue weighted by Crippen LogP contribution is 2.26. The molecule has 20 heavy (non-hydrogen) atoms. The van der Waals surface area contributed by atoms with Crippen LogP contribution in [0.3, 0.4) is 0 Å². The molecule has 2 heterocycles. The first kappa shape index (κ1) is 13.5. The van der Waals surface area contributed by atoms with E-state index in [1.165, 1.54) is 0 Å². The van der Waals surface area contributed by atoms with E-state index in [9.17, 15) is 0 Å². The number of aromatic nitrogens is 2. The fourth-order valence-corrected chi connectivity index (χ4v) is 2.48. The monoisotopic (exact) mass is 292 g/mol. The van der Waals surface area contributed by atoms with Gasteiger partial charge in [-0.1, -0.05) is 30.7 Å². The van der Waals surface area contributed by atoms with Crippen molar-refractivity contribution in [2.24, 2.45) is 0 Å². The van der Waals surface area contributed by atoms with Crippen LogP contribution in [-0.4, -0.2) is 40.8 Å². The van der Waals surface area contributed by atoms with Crippen LogP contribution in [0.5, 0.6) is 0 Å². The third-order valence-electron chi connectivity index (χ3n) is 3.59. The van der Waals surface area contributed by atoms with Gasteiger partial charge >= 0.3 is 0 Å². The lowest BCUT2D eigenvalue weighted by molar-refractivity contribution is 0.133. The molecule has 0 bridgehead atoms. The van der Waals surface area contributed by atoms with E-state index in [2.05, 4.69) is 27.3 Å². The molecule has 0 spiro atoms. The number of halogens is 1. The van der Waals surface area contributed by atoms with Gasteiger partial charge in [0.1, 0.15) is 0 Å². The van der Waals surface area contributed by atoms with E-state index in [1.54, 1.807) is 0 Å². The van der Waals surface area contributed by atoms with Gasteiger partial charge in [-0.15, -0.1) is 10.2 Å². The zero-order chi connectivity index (χ0) is 13.9. The summed E-state index contributed by atoms with van der Waals surface area (Å²) in [6, 6.07) is 8.05. The van der Waals surface area contributed by atoms with Crippen molar-refractivity contribution < 1.29 is 4.42 Å². The topological polar surface area (TPSA) is 54.2 Å². The first-order valence-electron chi connectivity index (χ1n) is 6.80. The number of nitrogens with zero attached hydrogens (tertiary/aromatic N) is 3. The smallest absolute Gasteiger partial charge is 0.249 e. The minimum atomic E-state index is 0.480. The highest BCUT2D eigenvalue weighted by atomic mass is 35.5. The van der Waals surface area contributed by atoms with Gasteiger partial charge in [-0.05, 0) is 18.7 Å². The van der Waals surface area contributed by atoms with Crippen molar-refractivity contribution in [2.45, 2.75) is 19.5 Å². The van der Waals surface area contributed by atoms with Crippen molar-refractivity contribution in [3.05, 3.63) is 35.2 Å². The molecule has 106 valence electrons. The lowest BCUT2D eigenvalue weighted by Crippen LogP contribution is -2.56. The minimum Gasteiger partial charge on any atom is -0.419 e. The summed E-state index contributed by atoms with van der Waals surface area (Å²) in [6.07, 6.45) is 0. The van der Waals surface area contributed by atoms with E-state index in [1.807, 2.05) is 24.3 Å². The molecular formula is C14H17ClN4O. The van der Waals surface area contributed by atoms with Gasteiger partial charge in [0, 0.05) is 19.1 Å². The van der Waals surface area contributed by atoms with Gasteiger partial charge in [-0.2, -0.15) is 0 Å². The van der Waals surface area contributed by atoms with Crippen molar-refractivity contribution in [1.29, 1.82) is 0 Å². The fraction of sp³-hybridized carbons (Fsp3) is 0.429. The van der Waals surface area contributed by atoms with Gasteiger partial charge < -0.3 is 9.73 Å². The van der Waals surface area contributed by atoms with Gasteiger partial charge in [0.25, 0.3) is 0 Å².